The van der Waals surface area contributed by atoms with Gasteiger partial charge < -0.3 is 14.9 Å². The third-order valence-corrected chi connectivity index (χ3v) is 4.55. The Morgan fingerprint density at radius 2 is 2.05 bits per heavy atom. The van der Waals surface area contributed by atoms with Crippen LogP contribution in [0.25, 0.3) is 0 Å². The van der Waals surface area contributed by atoms with Crippen molar-refractivity contribution in [2.45, 2.75) is 65.0 Å². The highest BCUT2D eigenvalue weighted by atomic mass is 16.5. The van der Waals surface area contributed by atoms with E-state index in [1.807, 2.05) is 13.8 Å². The Kier molecular flexibility index (Phi) is 4.63. The van der Waals surface area contributed by atoms with E-state index in [0.717, 1.165) is 55.2 Å². The molecule has 0 unspecified atom stereocenters. The van der Waals surface area contributed by atoms with Crippen molar-refractivity contribution >= 4 is 0 Å². The number of aromatic nitrogens is 1. The summed E-state index contributed by atoms with van der Waals surface area (Å²) in [6, 6.07) is 0. The van der Waals surface area contributed by atoms with E-state index in [2.05, 4.69) is 17.4 Å². The monoisotopic (exact) mass is 266 g/mol. The van der Waals surface area contributed by atoms with Gasteiger partial charge in [-0.25, -0.2) is 0 Å². The summed E-state index contributed by atoms with van der Waals surface area (Å²) in [4.78, 5) is 0. The molecule has 1 saturated carbocycles. The summed E-state index contributed by atoms with van der Waals surface area (Å²) >= 11 is 0. The molecule has 0 atom stereocenters. The second-order valence-electron chi connectivity index (χ2n) is 5.98. The molecular weight excluding hydrogens is 240 g/mol. The van der Waals surface area contributed by atoms with Crippen LogP contribution in [-0.2, 0) is 6.54 Å². The lowest BCUT2D eigenvalue weighted by atomic mass is 9.78. The van der Waals surface area contributed by atoms with Crippen molar-refractivity contribution in [3.8, 4) is 0 Å². The Balaban J connectivity index is 1.80. The van der Waals surface area contributed by atoms with Crippen LogP contribution in [0, 0.1) is 19.8 Å². The number of hydrogen-bond donors (Lipinski definition) is 2. The Morgan fingerprint density at radius 1 is 1.37 bits per heavy atom. The topological polar surface area (TPSA) is 58.3 Å². The summed E-state index contributed by atoms with van der Waals surface area (Å²) in [5.74, 6) is 1.68. The minimum absolute atomic E-state index is 0.523. The molecule has 1 aromatic heterocycles. The highest BCUT2D eigenvalue weighted by Gasteiger charge is 2.32. The minimum Gasteiger partial charge on any atom is -0.389 e. The highest BCUT2D eigenvalue weighted by Crippen LogP contribution is 2.33. The molecule has 1 aliphatic carbocycles. The van der Waals surface area contributed by atoms with Crippen LogP contribution in [-0.4, -0.2) is 22.4 Å². The van der Waals surface area contributed by atoms with Gasteiger partial charge in [-0.05, 0) is 45.4 Å². The molecule has 0 aromatic carbocycles. The predicted octanol–water partition coefficient (Wildman–Crippen LogP) is 2.71. The molecule has 0 saturated heterocycles. The van der Waals surface area contributed by atoms with E-state index >= 15 is 0 Å². The van der Waals surface area contributed by atoms with E-state index in [9.17, 15) is 5.11 Å². The third-order valence-electron chi connectivity index (χ3n) is 4.55. The average molecular weight is 266 g/mol. The molecule has 1 aliphatic rings. The molecular formula is C15H26N2O2. The third kappa shape index (κ3) is 3.57. The Bertz CT molecular complexity index is 387. The van der Waals surface area contributed by atoms with Crippen LogP contribution in [0.5, 0.6) is 0 Å². The number of hydrogen-bond acceptors (Lipinski definition) is 4. The number of aryl methyl sites for hydroxylation is 2. The summed E-state index contributed by atoms with van der Waals surface area (Å²) < 4.78 is 5.14. The zero-order chi connectivity index (χ0) is 13.9. The smallest absolute Gasteiger partial charge is 0.138 e. The van der Waals surface area contributed by atoms with Crippen molar-refractivity contribution in [1.29, 1.82) is 0 Å². The molecule has 4 nitrogen and oxygen atoms in total. The Morgan fingerprint density at radius 3 is 2.58 bits per heavy atom. The van der Waals surface area contributed by atoms with Crippen LogP contribution in [0.2, 0.25) is 0 Å². The van der Waals surface area contributed by atoms with Gasteiger partial charge in [0, 0.05) is 18.7 Å². The van der Waals surface area contributed by atoms with Gasteiger partial charge in [0.25, 0.3) is 0 Å². The van der Waals surface area contributed by atoms with Crippen molar-refractivity contribution in [2.24, 2.45) is 5.92 Å². The van der Waals surface area contributed by atoms with Crippen molar-refractivity contribution in [2.75, 3.05) is 6.54 Å². The number of aliphatic hydroxyl groups is 1. The molecule has 1 heterocycles. The molecule has 0 radical (unpaired) electrons. The van der Waals surface area contributed by atoms with Crippen LogP contribution in [0.15, 0.2) is 4.52 Å². The highest BCUT2D eigenvalue weighted by molar-refractivity contribution is 5.20. The molecule has 0 amide bonds. The second kappa shape index (κ2) is 6.06. The largest absolute Gasteiger partial charge is 0.389 e. The van der Waals surface area contributed by atoms with Gasteiger partial charge in [-0.3, -0.25) is 0 Å². The van der Waals surface area contributed by atoms with Crippen LogP contribution >= 0.6 is 0 Å². The quantitative estimate of drug-likeness (QED) is 0.860. The summed E-state index contributed by atoms with van der Waals surface area (Å²) in [6.45, 7) is 7.51. The van der Waals surface area contributed by atoms with E-state index in [1.54, 1.807) is 0 Å². The lowest BCUT2D eigenvalue weighted by molar-refractivity contribution is -0.00884. The fourth-order valence-electron chi connectivity index (χ4n) is 2.97. The lowest BCUT2D eigenvalue weighted by Gasteiger charge is -2.36. The number of nitrogens with zero attached hydrogens (tertiary/aromatic N) is 1. The molecule has 1 aromatic rings. The molecule has 2 N–H and O–H groups in total. The fraction of sp³-hybridized carbons (Fsp3) is 0.800. The summed E-state index contributed by atoms with van der Waals surface area (Å²) in [6.07, 6.45) is 5.38. The van der Waals surface area contributed by atoms with Crippen LogP contribution in [0.1, 0.15) is 56.0 Å². The lowest BCUT2D eigenvalue weighted by Crippen LogP contribution is -2.43. The van der Waals surface area contributed by atoms with Gasteiger partial charge in [0.15, 0.2) is 0 Å². The fourth-order valence-corrected chi connectivity index (χ4v) is 2.97. The predicted molar refractivity (Wildman–Crippen MR) is 74.9 cm³/mol. The van der Waals surface area contributed by atoms with Gasteiger partial charge in [0.05, 0.1) is 11.3 Å². The molecule has 2 rings (SSSR count). The number of nitrogens with one attached hydrogen (secondary N) is 1. The average Bonchev–Trinajstić information content (AvgIpc) is 2.71. The normalized spacial score (nSPS) is 27.7. The molecule has 4 heteroatoms. The van der Waals surface area contributed by atoms with Crippen molar-refractivity contribution in [1.82, 2.24) is 10.5 Å². The first-order valence-corrected chi connectivity index (χ1v) is 7.39. The van der Waals surface area contributed by atoms with Gasteiger partial charge in [0.2, 0.25) is 0 Å². The molecule has 19 heavy (non-hydrogen) atoms. The van der Waals surface area contributed by atoms with Gasteiger partial charge >= 0.3 is 0 Å². The summed E-state index contributed by atoms with van der Waals surface area (Å²) in [7, 11) is 0. The van der Waals surface area contributed by atoms with Crippen molar-refractivity contribution in [3.05, 3.63) is 17.0 Å². The van der Waals surface area contributed by atoms with Gasteiger partial charge in [-0.15, -0.1) is 0 Å². The Hall–Kier alpha value is -0.870. The molecule has 0 bridgehead atoms. The number of rotatable bonds is 5. The molecule has 0 spiro atoms. The molecule has 108 valence electrons. The summed E-state index contributed by atoms with van der Waals surface area (Å²) in [5, 5.41) is 17.9. The second-order valence-corrected chi connectivity index (χ2v) is 5.98. The van der Waals surface area contributed by atoms with E-state index in [4.69, 9.17) is 4.52 Å². The van der Waals surface area contributed by atoms with Crippen LogP contribution in [0.4, 0.5) is 0 Å². The first kappa shape index (κ1) is 14.5. The van der Waals surface area contributed by atoms with E-state index in [-0.39, 0.29) is 0 Å². The standard InChI is InChI=1S/C15H26N2O2/c1-4-13-5-7-15(18,8-6-13)10-16-9-14-11(2)17-19-12(14)3/h13,16,18H,4-10H2,1-3H3. The maximum Gasteiger partial charge on any atom is 0.138 e. The van der Waals surface area contributed by atoms with Gasteiger partial charge in [-0.1, -0.05) is 18.5 Å². The molecule has 1 fully saturated rings. The molecule has 0 aliphatic heterocycles. The Labute approximate surface area is 115 Å². The first-order chi connectivity index (χ1) is 9.04. The zero-order valence-electron chi connectivity index (χ0n) is 12.3. The van der Waals surface area contributed by atoms with Crippen LogP contribution < -0.4 is 5.32 Å². The minimum atomic E-state index is -0.523. The maximum atomic E-state index is 10.6. The van der Waals surface area contributed by atoms with E-state index < -0.39 is 5.60 Å². The van der Waals surface area contributed by atoms with Crippen molar-refractivity contribution < 1.29 is 9.63 Å². The summed E-state index contributed by atoms with van der Waals surface area (Å²) in [5.41, 5.74) is 1.53. The van der Waals surface area contributed by atoms with E-state index in [0.29, 0.717) is 6.54 Å². The van der Waals surface area contributed by atoms with Crippen molar-refractivity contribution in [3.63, 3.8) is 0 Å². The SMILES string of the molecule is CCC1CCC(O)(CNCc2c(C)noc2C)CC1. The van der Waals surface area contributed by atoms with Gasteiger partial charge in [0.1, 0.15) is 5.76 Å². The maximum absolute atomic E-state index is 10.6. The van der Waals surface area contributed by atoms with Gasteiger partial charge in [-0.2, -0.15) is 0 Å². The zero-order valence-corrected chi connectivity index (χ0v) is 12.3. The van der Waals surface area contributed by atoms with Crippen LogP contribution in [0.3, 0.4) is 0 Å². The van der Waals surface area contributed by atoms with E-state index in [1.165, 1.54) is 6.42 Å². The first-order valence-electron chi connectivity index (χ1n) is 7.39.